The van der Waals surface area contributed by atoms with Gasteiger partial charge in [-0.05, 0) is 12.1 Å². The number of hydrogen-bond acceptors (Lipinski definition) is 3. The topological polar surface area (TPSA) is 63.6 Å². The van der Waals surface area contributed by atoms with Gasteiger partial charge in [-0.2, -0.15) is 0 Å². The molecule has 0 aliphatic heterocycles. The Bertz CT molecular complexity index is 471. The molecule has 0 bridgehead atoms. The number of rotatable bonds is 4. The van der Waals surface area contributed by atoms with Crippen LogP contribution in [0.1, 0.15) is 22.3 Å². The summed E-state index contributed by atoms with van der Waals surface area (Å²) in [6.07, 6.45) is -3.08. The molecule has 0 atom stereocenters. The molecule has 1 aromatic carbocycles. The van der Waals surface area contributed by atoms with E-state index in [1.807, 2.05) is 0 Å². The number of carbonyl (C=O) groups is 2. The van der Waals surface area contributed by atoms with Crippen molar-refractivity contribution in [3.8, 4) is 5.75 Å². The highest BCUT2D eigenvalue weighted by molar-refractivity contribution is 6.40. The van der Waals surface area contributed by atoms with E-state index in [1.165, 1.54) is 0 Å². The van der Waals surface area contributed by atoms with Crippen molar-refractivity contribution in [2.24, 2.45) is 0 Å². The van der Waals surface area contributed by atoms with E-state index in [0.29, 0.717) is 12.1 Å². The molecule has 0 amide bonds. The van der Waals surface area contributed by atoms with E-state index < -0.39 is 40.9 Å². The van der Waals surface area contributed by atoms with Crippen molar-refractivity contribution in [1.82, 2.24) is 0 Å². The minimum Gasteiger partial charge on any atom is -0.495 e. The molecule has 0 saturated heterocycles. The van der Waals surface area contributed by atoms with Crippen LogP contribution in [0, 0.1) is 5.82 Å². The van der Waals surface area contributed by atoms with Crippen LogP contribution in [0.15, 0.2) is 12.1 Å². The molecule has 17 heavy (non-hydrogen) atoms. The Morgan fingerprint density at radius 1 is 1.35 bits per heavy atom. The van der Waals surface area contributed by atoms with E-state index in [4.69, 9.17) is 5.11 Å². The van der Waals surface area contributed by atoms with E-state index in [0.717, 1.165) is 7.11 Å². The Morgan fingerprint density at radius 2 is 1.94 bits per heavy atom. The van der Waals surface area contributed by atoms with Crippen LogP contribution in [0.5, 0.6) is 5.75 Å². The smallest absolute Gasteiger partial charge is 0.377 e. The van der Waals surface area contributed by atoms with E-state index >= 15 is 0 Å². The highest BCUT2D eigenvalue weighted by atomic mass is 19.3. The Kier molecular flexibility index (Phi) is 3.72. The number of carboxylic acids is 1. The molecule has 92 valence electrons. The molecule has 0 heterocycles. The van der Waals surface area contributed by atoms with Crippen molar-refractivity contribution < 1.29 is 32.6 Å². The molecule has 0 radical (unpaired) electrons. The molecular weight excluding hydrogens is 241 g/mol. The van der Waals surface area contributed by atoms with E-state index in [1.54, 1.807) is 0 Å². The molecule has 7 heteroatoms. The number of hydrogen-bond donors (Lipinski definition) is 1. The maximum Gasteiger partial charge on any atom is 0.377 e. The van der Waals surface area contributed by atoms with Gasteiger partial charge in [-0.25, -0.2) is 18.0 Å². The lowest BCUT2D eigenvalue weighted by Gasteiger charge is -2.11. The lowest BCUT2D eigenvalue weighted by Crippen LogP contribution is -2.15. The summed E-state index contributed by atoms with van der Waals surface area (Å²) in [6.45, 7) is 0. The van der Waals surface area contributed by atoms with Crippen molar-refractivity contribution in [2.45, 2.75) is 6.43 Å². The first-order valence-electron chi connectivity index (χ1n) is 4.31. The summed E-state index contributed by atoms with van der Waals surface area (Å²) in [7, 11) is 0.984. The van der Waals surface area contributed by atoms with Gasteiger partial charge in [0.1, 0.15) is 11.6 Å². The summed E-state index contributed by atoms with van der Waals surface area (Å²) in [6, 6.07) is 1.03. The number of ether oxygens (including phenoxy) is 1. The fourth-order valence-corrected chi connectivity index (χ4v) is 1.29. The standard InChI is InChI=1S/C10H7F3O4/c1-17-8-5(7(14)10(15)16)2-4(11)3-6(8)9(12)13/h2-3,9H,1H3,(H,15,16). The molecule has 0 aromatic heterocycles. The zero-order valence-electron chi connectivity index (χ0n) is 8.54. The van der Waals surface area contributed by atoms with Crippen molar-refractivity contribution in [1.29, 1.82) is 0 Å². The van der Waals surface area contributed by atoms with Crippen LogP contribution >= 0.6 is 0 Å². The molecule has 0 aliphatic rings. The van der Waals surface area contributed by atoms with Gasteiger partial charge in [0.15, 0.2) is 0 Å². The Morgan fingerprint density at radius 3 is 2.35 bits per heavy atom. The molecule has 1 rings (SSSR count). The van der Waals surface area contributed by atoms with Gasteiger partial charge < -0.3 is 9.84 Å². The highest BCUT2D eigenvalue weighted by Crippen LogP contribution is 2.33. The molecule has 0 aliphatic carbocycles. The minimum atomic E-state index is -3.08. The fourth-order valence-electron chi connectivity index (χ4n) is 1.29. The molecule has 1 aromatic rings. The number of halogens is 3. The normalized spacial score (nSPS) is 10.4. The van der Waals surface area contributed by atoms with Crippen molar-refractivity contribution in [3.63, 3.8) is 0 Å². The summed E-state index contributed by atoms with van der Waals surface area (Å²) in [5.74, 6) is -5.16. The third-order valence-corrected chi connectivity index (χ3v) is 1.96. The van der Waals surface area contributed by atoms with Gasteiger partial charge in [-0.15, -0.1) is 0 Å². The van der Waals surface area contributed by atoms with Crippen LogP contribution in [-0.4, -0.2) is 24.0 Å². The van der Waals surface area contributed by atoms with Crippen molar-refractivity contribution >= 4 is 11.8 Å². The molecule has 0 fully saturated rings. The van der Waals surface area contributed by atoms with Crippen LogP contribution in [0.25, 0.3) is 0 Å². The first-order chi connectivity index (χ1) is 7.88. The molecule has 0 spiro atoms. The first-order valence-corrected chi connectivity index (χ1v) is 4.31. The zero-order valence-corrected chi connectivity index (χ0v) is 8.54. The van der Waals surface area contributed by atoms with Gasteiger partial charge in [0.05, 0.1) is 18.2 Å². The Balaban J connectivity index is 3.48. The number of benzene rings is 1. The minimum absolute atomic E-state index is 0.488. The largest absolute Gasteiger partial charge is 0.495 e. The number of aliphatic carboxylic acids is 1. The number of ketones is 1. The number of Topliss-reactive ketones (excluding diaryl/α,β-unsaturated/α-hetero) is 1. The molecule has 1 N–H and O–H groups in total. The predicted molar refractivity (Wildman–Crippen MR) is 49.9 cm³/mol. The van der Waals surface area contributed by atoms with Crippen LogP contribution in [0.2, 0.25) is 0 Å². The lowest BCUT2D eigenvalue weighted by atomic mass is 10.0. The van der Waals surface area contributed by atoms with Gasteiger partial charge in [-0.1, -0.05) is 0 Å². The second-order valence-electron chi connectivity index (χ2n) is 3.01. The van der Waals surface area contributed by atoms with E-state index in [-0.39, 0.29) is 0 Å². The van der Waals surface area contributed by atoms with Gasteiger partial charge in [-0.3, -0.25) is 4.79 Å². The summed E-state index contributed by atoms with van der Waals surface area (Å²) in [5, 5.41) is 8.46. The molecule has 0 saturated carbocycles. The molecular formula is C10H7F3O4. The van der Waals surface area contributed by atoms with Crippen LogP contribution in [0.4, 0.5) is 13.2 Å². The van der Waals surface area contributed by atoms with Gasteiger partial charge in [0, 0.05) is 0 Å². The van der Waals surface area contributed by atoms with Gasteiger partial charge in [0.25, 0.3) is 12.2 Å². The summed E-state index contributed by atoms with van der Waals surface area (Å²) >= 11 is 0. The van der Waals surface area contributed by atoms with E-state index in [2.05, 4.69) is 4.74 Å². The molecule has 0 unspecified atom stereocenters. The SMILES string of the molecule is COc1c(C(=O)C(=O)O)cc(F)cc1C(F)F. The van der Waals surface area contributed by atoms with Crippen molar-refractivity contribution in [2.75, 3.05) is 7.11 Å². The Hall–Kier alpha value is -2.05. The maximum atomic E-state index is 13.0. The molecule has 4 nitrogen and oxygen atoms in total. The summed E-state index contributed by atoms with van der Waals surface area (Å²) in [4.78, 5) is 21.6. The monoisotopic (exact) mass is 248 g/mol. The zero-order chi connectivity index (χ0) is 13.2. The predicted octanol–water partition coefficient (Wildman–Crippen LogP) is 2.04. The van der Waals surface area contributed by atoms with E-state index in [9.17, 15) is 22.8 Å². The number of carbonyl (C=O) groups excluding carboxylic acids is 1. The highest BCUT2D eigenvalue weighted by Gasteiger charge is 2.26. The van der Waals surface area contributed by atoms with Crippen LogP contribution in [0.3, 0.4) is 0 Å². The first kappa shape index (κ1) is 13.0. The van der Waals surface area contributed by atoms with Crippen LogP contribution in [-0.2, 0) is 4.79 Å². The fraction of sp³-hybridized carbons (Fsp3) is 0.200. The van der Waals surface area contributed by atoms with Crippen LogP contribution < -0.4 is 4.74 Å². The average Bonchev–Trinajstić information content (AvgIpc) is 2.26. The number of methoxy groups -OCH3 is 1. The quantitative estimate of drug-likeness (QED) is 0.654. The number of alkyl halides is 2. The second-order valence-corrected chi connectivity index (χ2v) is 3.01. The van der Waals surface area contributed by atoms with Gasteiger partial charge >= 0.3 is 5.97 Å². The third-order valence-electron chi connectivity index (χ3n) is 1.96. The maximum absolute atomic E-state index is 13.0. The van der Waals surface area contributed by atoms with Gasteiger partial charge in [0.2, 0.25) is 0 Å². The third kappa shape index (κ3) is 2.55. The lowest BCUT2D eigenvalue weighted by molar-refractivity contribution is -0.131. The summed E-state index contributed by atoms with van der Waals surface area (Å²) in [5.41, 5.74) is -1.60. The summed E-state index contributed by atoms with van der Waals surface area (Å²) < 4.78 is 42.6. The van der Waals surface area contributed by atoms with Crippen molar-refractivity contribution in [3.05, 3.63) is 29.1 Å². The second kappa shape index (κ2) is 4.86. The Labute approximate surface area is 93.6 Å². The average molecular weight is 248 g/mol. The number of carboxylic acid groups (broad SMARTS) is 1.